The van der Waals surface area contributed by atoms with Crippen LogP contribution in [0.5, 0.6) is 0 Å². The second kappa shape index (κ2) is 12.4. The van der Waals surface area contributed by atoms with Gasteiger partial charge in [0, 0.05) is 11.8 Å². The lowest BCUT2D eigenvalue weighted by Crippen LogP contribution is -2.44. The number of unbranched alkanes of at least 4 members (excludes halogenated alkanes) is 2. The molecule has 0 aromatic carbocycles. The third kappa shape index (κ3) is 18.0. The molecule has 0 saturated heterocycles. The van der Waals surface area contributed by atoms with Crippen LogP contribution in [0.15, 0.2) is 0 Å². The summed E-state index contributed by atoms with van der Waals surface area (Å²) in [5.74, 6) is 1.62. The number of hydrogen-bond acceptors (Lipinski definition) is 0. The monoisotopic (exact) mass is 316 g/mol. The lowest BCUT2D eigenvalue weighted by molar-refractivity contribution is -0.896. The van der Waals surface area contributed by atoms with Crippen LogP contribution in [0.2, 0.25) is 0 Å². The van der Waals surface area contributed by atoms with Gasteiger partial charge in [0.25, 0.3) is 0 Å². The number of quaternary nitrogens is 2. The largest absolute Gasteiger partial charge is 0.328 e. The van der Waals surface area contributed by atoms with Gasteiger partial charge in [0.2, 0.25) is 0 Å². The third-order valence-electron chi connectivity index (χ3n) is 3.95. The van der Waals surface area contributed by atoms with E-state index in [1.54, 1.807) is 0 Å². The zero-order valence-corrected chi connectivity index (χ0v) is 17.7. The first kappa shape index (κ1) is 24.2. The van der Waals surface area contributed by atoms with Crippen molar-refractivity contribution in [2.24, 2.45) is 11.8 Å². The topological polar surface area (TPSA) is 0 Å². The summed E-state index contributed by atoms with van der Waals surface area (Å²) in [7, 11) is 9.32. The first-order valence-electron chi connectivity index (χ1n) is 9.59. The molecule has 0 unspecified atom stereocenters. The van der Waals surface area contributed by atoms with E-state index in [-0.39, 0.29) is 0 Å². The highest BCUT2D eigenvalue weighted by atomic mass is 15.3. The van der Waals surface area contributed by atoms with Crippen molar-refractivity contribution in [2.45, 2.75) is 67.2 Å². The van der Waals surface area contributed by atoms with Crippen LogP contribution in [-0.2, 0) is 0 Å². The van der Waals surface area contributed by atoms with Gasteiger partial charge in [-0.2, -0.15) is 0 Å². The molecule has 2 heteroatoms. The van der Waals surface area contributed by atoms with Crippen LogP contribution in [0, 0.1) is 11.8 Å². The smallest absolute Gasteiger partial charge is 0.0805 e. The highest BCUT2D eigenvalue weighted by molar-refractivity contribution is 4.45. The molecule has 0 aliphatic rings. The number of hydrogen-bond donors (Lipinski definition) is 0. The molecule has 0 saturated carbocycles. The van der Waals surface area contributed by atoms with Gasteiger partial charge in [0.15, 0.2) is 0 Å². The van der Waals surface area contributed by atoms with Gasteiger partial charge in [-0.25, -0.2) is 0 Å². The zero-order valence-electron chi connectivity index (χ0n) is 17.7. The fraction of sp³-hybridized carbons (Fsp3) is 1.00. The predicted molar refractivity (Wildman–Crippen MR) is 103 cm³/mol. The van der Waals surface area contributed by atoms with Crippen LogP contribution in [0.3, 0.4) is 0 Å². The standard InChI is InChI=1S/2C10H24N/c1-9(2)7-11(5,6)8-10(3)4;1-5-7-9-11(3,4)10-8-6-2/h9-10H,7-8H2,1-6H3;5-10H2,1-4H3/q2*+1. The summed E-state index contributed by atoms with van der Waals surface area (Å²) in [5.41, 5.74) is 0. The van der Waals surface area contributed by atoms with Gasteiger partial charge in [0.1, 0.15) is 0 Å². The van der Waals surface area contributed by atoms with Crippen molar-refractivity contribution < 1.29 is 8.97 Å². The molecule has 0 radical (unpaired) electrons. The molecular formula is C20H48N2+2. The minimum atomic E-state index is 0.809. The van der Waals surface area contributed by atoms with Gasteiger partial charge in [-0.15, -0.1) is 0 Å². The van der Waals surface area contributed by atoms with Crippen LogP contribution in [0.4, 0.5) is 0 Å². The Hall–Kier alpha value is -0.0800. The molecule has 0 spiro atoms. The maximum Gasteiger partial charge on any atom is 0.0805 e. The fourth-order valence-corrected chi connectivity index (χ4v) is 3.34. The van der Waals surface area contributed by atoms with Crippen LogP contribution in [0.25, 0.3) is 0 Å². The molecular weight excluding hydrogens is 268 g/mol. The summed E-state index contributed by atoms with van der Waals surface area (Å²) in [4.78, 5) is 0. The molecule has 0 aromatic rings. The molecule has 0 bridgehead atoms. The summed E-state index contributed by atoms with van der Waals surface area (Å²) in [5, 5.41) is 0. The Labute approximate surface area is 143 Å². The summed E-state index contributed by atoms with van der Waals surface area (Å²) in [6, 6.07) is 0. The molecule has 0 aromatic heterocycles. The first-order valence-corrected chi connectivity index (χ1v) is 9.59. The van der Waals surface area contributed by atoms with Crippen LogP contribution >= 0.6 is 0 Å². The Morgan fingerprint density at radius 3 is 1.14 bits per heavy atom. The highest BCUT2D eigenvalue weighted by Gasteiger charge is 2.17. The first-order chi connectivity index (χ1) is 9.95. The second-order valence-corrected chi connectivity index (χ2v) is 9.18. The maximum atomic E-state index is 2.34. The predicted octanol–water partition coefficient (Wildman–Crippen LogP) is 5.04. The average Bonchev–Trinajstić information content (AvgIpc) is 2.31. The van der Waals surface area contributed by atoms with Gasteiger partial charge in [-0.1, -0.05) is 54.4 Å². The summed E-state index contributed by atoms with van der Waals surface area (Å²) in [6.45, 7) is 19.0. The third-order valence-corrected chi connectivity index (χ3v) is 3.95. The maximum absolute atomic E-state index is 2.34. The number of rotatable bonds is 10. The van der Waals surface area contributed by atoms with Crippen LogP contribution in [0.1, 0.15) is 67.2 Å². The van der Waals surface area contributed by atoms with Crippen molar-refractivity contribution in [3.05, 3.63) is 0 Å². The van der Waals surface area contributed by atoms with E-state index in [4.69, 9.17) is 0 Å². The van der Waals surface area contributed by atoms with E-state index >= 15 is 0 Å². The van der Waals surface area contributed by atoms with Crippen LogP contribution < -0.4 is 0 Å². The Morgan fingerprint density at radius 1 is 0.591 bits per heavy atom. The second-order valence-electron chi connectivity index (χ2n) is 9.18. The molecule has 0 aliphatic carbocycles. The Kier molecular flexibility index (Phi) is 13.6. The molecule has 136 valence electrons. The SMILES string of the molecule is CC(C)C[N+](C)(C)CC(C)C.CCCC[N+](C)(C)CCCC. The molecule has 0 aliphatic heterocycles. The van der Waals surface area contributed by atoms with Gasteiger partial charge in [-0.3, -0.25) is 0 Å². The van der Waals surface area contributed by atoms with Crippen molar-refractivity contribution in [3.63, 3.8) is 0 Å². The lowest BCUT2D eigenvalue weighted by Gasteiger charge is -2.33. The summed E-state index contributed by atoms with van der Waals surface area (Å²) < 4.78 is 2.37. The van der Waals surface area contributed by atoms with E-state index in [1.165, 1.54) is 56.3 Å². The van der Waals surface area contributed by atoms with E-state index in [0.717, 1.165) is 16.3 Å². The van der Waals surface area contributed by atoms with Crippen molar-refractivity contribution in [2.75, 3.05) is 54.4 Å². The normalized spacial score (nSPS) is 12.5. The van der Waals surface area contributed by atoms with E-state index < -0.39 is 0 Å². The van der Waals surface area contributed by atoms with E-state index in [1.807, 2.05) is 0 Å². The highest BCUT2D eigenvalue weighted by Crippen LogP contribution is 2.08. The number of nitrogens with zero attached hydrogens (tertiary/aromatic N) is 2. The van der Waals surface area contributed by atoms with Crippen molar-refractivity contribution in [1.82, 2.24) is 0 Å². The molecule has 0 atom stereocenters. The van der Waals surface area contributed by atoms with Crippen molar-refractivity contribution in [1.29, 1.82) is 0 Å². The average molecular weight is 317 g/mol. The van der Waals surface area contributed by atoms with Gasteiger partial charge >= 0.3 is 0 Å². The van der Waals surface area contributed by atoms with Crippen molar-refractivity contribution in [3.8, 4) is 0 Å². The minimum Gasteiger partial charge on any atom is -0.328 e. The van der Waals surface area contributed by atoms with E-state index in [9.17, 15) is 0 Å². The van der Waals surface area contributed by atoms with Crippen LogP contribution in [-0.4, -0.2) is 63.3 Å². The Morgan fingerprint density at radius 2 is 0.909 bits per heavy atom. The quantitative estimate of drug-likeness (QED) is 0.495. The van der Waals surface area contributed by atoms with Gasteiger partial charge < -0.3 is 8.97 Å². The molecule has 0 N–H and O–H groups in total. The molecule has 2 nitrogen and oxygen atoms in total. The lowest BCUT2D eigenvalue weighted by atomic mass is 10.1. The van der Waals surface area contributed by atoms with Crippen molar-refractivity contribution >= 4 is 0 Å². The molecule has 0 heterocycles. The fourth-order valence-electron chi connectivity index (χ4n) is 3.34. The molecule has 0 amide bonds. The van der Waals surface area contributed by atoms with E-state index in [0.29, 0.717) is 0 Å². The minimum absolute atomic E-state index is 0.809. The van der Waals surface area contributed by atoms with E-state index in [2.05, 4.69) is 69.7 Å². The Bertz CT molecular complexity index is 220. The Balaban J connectivity index is 0. The van der Waals surface area contributed by atoms with Gasteiger partial charge in [0.05, 0.1) is 54.4 Å². The molecule has 0 fully saturated rings. The summed E-state index contributed by atoms with van der Waals surface area (Å²) >= 11 is 0. The zero-order chi connectivity index (χ0) is 17.8. The van der Waals surface area contributed by atoms with Gasteiger partial charge in [-0.05, 0) is 12.8 Å². The molecule has 0 rings (SSSR count). The molecule has 22 heavy (non-hydrogen) atoms. The summed E-state index contributed by atoms with van der Waals surface area (Å²) in [6.07, 6.45) is 5.40.